The second-order valence-corrected chi connectivity index (χ2v) is 4.02. The molecule has 0 aliphatic heterocycles. The Morgan fingerprint density at radius 3 is 2.53 bits per heavy atom. The lowest BCUT2D eigenvalue weighted by Crippen LogP contribution is -2.17. The molecule has 2 nitrogen and oxygen atoms in total. The second kappa shape index (κ2) is 10.4. The molecule has 0 saturated carbocycles. The third-order valence-electron chi connectivity index (χ3n) is 2.70. The maximum Gasteiger partial charge on any atom is 0.122 e. The number of methoxy groups -OCH3 is 1. The number of rotatable bonds is 8. The summed E-state index contributed by atoms with van der Waals surface area (Å²) in [6, 6.07) is 8.26. The fourth-order valence-electron chi connectivity index (χ4n) is 1.74. The third kappa shape index (κ3) is 6.54. The summed E-state index contributed by atoms with van der Waals surface area (Å²) >= 11 is 0. The van der Waals surface area contributed by atoms with Crippen LogP contribution in [0.5, 0.6) is 5.75 Å². The molecule has 0 amide bonds. The topological polar surface area (TPSA) is 21.3 Å². The number of aryl methyl sites for hydroxylation is 1. The maximum absolute atomic E-state index is 5.32. The first kappa shape index (κ1) is 16.3. The highest BCUT2D eigenvalue weighted by Gasteiger charge is 2.00. The fraction of sp³-hybridized carbons (Fsp3) is 0.571. The van der Waals surface area contributed by atoms with Crippen LogP contribution in [0.25, 0.3) is 0 Å². The number of nitrogens with one attached hydrogen (secondary N) is 1. The molecule has 0 aliphatic carbocycles. The molecule has 1 N–H and O–H groups in total. The molecular formula is C14H24ClNO. The monoisotopic (exact) mass is 257 g/mol. The lowest BCUT2D eigenvalue weighted by atomic mass is 10.1. The van der Waals surface area contributed by atoms with Crippen molar-refractivity contribution in [3.63, 3.8) is 0 Å². The average Bonchev–Trinajstić information content (AvgIpc) is 2.34. The molecule has 0 aliphatic rings. The van der Waals surface area contributed by atoms with Crippen molar-refractivity contribution in [2.45, 2.75) is 32.6 Å². The lowest BCUT2D eigenvalue weighted by Gasteiger charge is -2.08. The highest BCUT2D eigenvalue weighted by atomic mass is 35.5. The Morgan fingerprint density at radius 1 is 1.12 bits per heavy atom. The molecule has 0 spiro atoms. The molecular weight excluding hydrogens is 234 g/mol. The van der Waals surface area contributed by atoms with Crippen LogP contribution in [0.1, 0.15) is 31.7 Å². The zero-order valence-electron chi connectivity index (χ0n) is 10.9. The predicted molar refractivity (Wildman–Crippen MR) is 76.3 cm³/mol. The van der Waals surface area contributed by atoms with Gasteiger partial charge in [-0.1, -0.05) is 31.5 Å². The zero-order chi connectivity index (χ0) is 11.6. The van der Waals surface area contributed by atoms with Crippen molar-refractivity contribution in [2.24, 2.45) is 0 Å². The van der Waals surface area contributed by atoms with Gasteiger partial charge in [0.1, 0.15) is 5.75 Å². The molecule has 0 saturated heterocycles. The van der Waals surface area contributed by atoms with Crippen LogP contribution in [0.2, 0.25) is 0 Å². The van der Waals surface area contributed by atoms with E-state index in [9.17, 15) is 0 Å². The van der Waals surface area contributed by atoms with Gasteiger partial charge >= 0.3 is 0 Å². The van der Waals surface area contributed by atoms with Gasteiger partial charge in [-0.05, 0) is 44.0 Å². The van der Waals surface area contributed by atoms with Gasteiger partial charge in [0.15, 0.2) is 0 Å². The molecule has 17 heavy (non-hydrogen) atoms. The van der Waals surface area contributed by atoms with E-state index in [1.54, 1.807) is 7.11 Å². The van der Waals surface area contributed by atoms with Crippen molar-refractivity contribution in [3.8, 4) is 5.75 Å². The van der Waals surface area contributed by atoms with Crippen LogP contribution < -0.4 is 10.1 Å². The number of unbranched alkanes of at least 4 members (excludes halogenated alkanes) is 1. The fourth-order valence-corrected chi connectivity index (χ4v) is 1.74. The quantitative estimate of drug-likeness (QED) is 0.721. The molecule has 0 fully saturated rings. The van der Waals surface area contributed by atoms with Gasteiger partial charge in [0, 0.05) is 0 Å². The lowest BCUT2D eigenvalue weighted by molar-refractivity contribution is 0.409. The van der Waals surface area contributed by atoms with Gasteiger partial charge in [0.25, 0.3) is 0 Å². The van der Waals surface area contributed by atoms with E-state index < -0.39 is 0 Å². The Labute approximate surface area is 111 Å². The summed E-state index contributed by atoms with van der Waals surface area (Å²) in [6.07, 6.45) is 4.79. The summed E-state index contributed by atoms with van der Waals surface area (Å²) in [6.45, 7) is 4.46. The Morgan fingerprint density at radius 2 is 1.82 bits per heavy atom. The maximum atomic E-state index is 5.32. The first-order valence-electron chi connectivity index (χ1n) is 6.21. The van der Waals surface area contributed by atoms with E-state index in [1.165, 1.54) is 24.8 Å². The van der Waals surface area contributed by atoms with Gasteiger partial charge in [-0.3, -0.25) is 0 Å². The van der Waals surface area contributed by atoms with Gasteiger partial charge in [-0.15, -0.1) is 12.4 Å². The van der Waals surface area contributed by atoms with Crippen LogP contribution in [0.15, 0.2) is 24.3 Å². The van der Waals surface area contributed by atoms with Crippen molar-refractivity contribution in [3.05, 3.63) is 29.8 Å². The van der Waals surface area contributed by atoms with Gasteiger partial charge in [-0.25, -0.2) is 0 Å². The van der Waals surface area contributed by atoms with Gasteiger partial charge in [0.2, 0.25) is 0 Å². The van der Waals surface area contributed by atoms with E-state index in [1.807, 2.05) is 12.1 Å². The summed E-state index contributed by atoms with van der Waals surface area (Å²) in [5.74, 6) is 1.01. The smallest absolute Gasteiger partial charge is 0.122 e. The van der Waals surface area contributed by atoms with Crippen LogP contribution in [0.4, 0.5) is 0 Å². The van der Waals surface area contributed by atoms with Gasteiger partial charge < -0.3 is 10.1 Å². The molecule has 0 bridgehead atoms. The van der Waals surface area contributed by atoms with Gasteiger partial charge in [-0.2, -0.15) is 0 Å². The summed E-state index contributed by atoms with van der Waals surface area (Å²) < 4.78 is 5.32. The summed E-state index contributed by atoms with van der Waals surface area (Å²) in [7, 11) is 1.73. The minimum Gasteiger partial charge on any atom is -0.496 e. The first-order chi connectivity index (χ1) is 7.88. The van der Waals surface area contributed by atoms with E-state index in [4.69, 9.17) is 4.74 Å². The Hall–Kier alpha value is -0.730. The molecule has 1 aromatic rings. The largest absolute Gasteiger partial charge is 0.496 e. The van der Waals surface area contributed by atoms with Crippen LogP contribution >= 0.6 is 12.4 Å². The average molecular weight is 258 g/mol. The zero-order valence-corrected chi connectivity index (χ0v) is 11.7. The molecule has 3 heteroatoms. The minimum atomic E-state index is 0. The molecule has 0 aromatic heterocycles. The summed E-state index contributed by atoms with van der Waals surface area (Å²) in [5, 5.41) is 3.45. The van der Waals surface area contributed by atoms with E-state index in [0.717, 1.165) is 25.3 Å². The van der Waals surface area contributed by atoms with Gasteiger partial charge in [0.05, 0.1) is 7.11 Å². The van der Waals surface area contributed by atoms with Crippen LogP contribution in [-0.2, 0) is 6.42 Å². The molecule has 98 valence electrons. The number of benzene rings is 1. The number of para-hydroxylation sites is 1. The number of hydrogen-bond donors (Lipinski definition) is 1. The number of ether oxygens (including phenoxy) is 1. The summed E-state index contributed by atoms with van der Waals surface area (Å²) in [5.41, 5.74) is 1.31. The van der Waals surface area contributed by atoms with Crippen LogP contribution in [-0.4, -0.2) is 20.2 Å². The normalized spacial score (nSPS) is 9.76. The SMILES string of the molecule is CCCCNCCCc1ccccc1OC.Cl. The predicted octanol–water partition coefficient (Wildman–Crippen LogP) is 3.44. The minimum absolute atomic E-state index is 0. The van der Waals surface area contributed by atoms with Crippen molar-refractivity contribution in [1.82, 2.24) is 5.32 Å². The molecule has 0 heterocycles. The number of hydrogen-bond acceptors (Lipinski definition) is 2. The standard InChI is InChI=1S/C14H23NO.ClH/c1-3-4-11-15-12-7-9-13-8-5-6-10-14(13)16-2;/h5-6,8,10,15H,3-4,7,9,11-12H2,1-2H3;1H. The molecule has 0 unspecified atom stereocenters. The van der Waals surface area contributed by atoms with E-state index >= 15 is 0 Å². The Balaban J connectivity index is 0.00000256. The Bertz CT molecular complexity index is 291. The van der Waals surface area contributed by atoms with E-state index in [2.05, 4.69) is 24.4 Å². The Kier molecular flexibility index (Phi) is 9.98. The summed E-state index contributed by atoms with van der Waals surface area (Å²) in [4.78, 5) is 0. The van der Waals surface area contributed by atoms with E-state index in [-0.39, 0.29) is 12.4 Å². The van der Waals surface area contributed by atoms with Crippen LogP contribution in [0, 0.1) is 0 Å². The van der Waals surface area contributed by atoms with Crippen molar-refractivity contribution >= 4 is 12.4 Å². The van der Waals surface area contributed by atoms with E-state index in [0.29, 0.717) is 0 Å². The highest BCUT2D eigenvalue weighted by Crippen LogP contribution is 2.18. The molecule has 0 radical (unpaired) electrons. The third-order valence-corrected chi connectivity index (χ3v) is 2.70. The highest BCUT2D eigenvalue weighted by molar-refractivity contribution is 5.85. The molecule has 1 rings (SSSR count). The van der Waals surface area contributed by atoms with Crippen LogP contribution in [0.3, 0.4) is 0 Å². The second-order valence-electron chi connectivity index (χ2n) is 4.02. The molecule has 1 aromatic carbocycles. The number of halogens is 1. The molecule has 0 atom stereocenters. The first-order valence-corrected chi connectivity index (χ1v) is 6.21. The van der Waals surface area contributed by atoms with Crippen molar-refractivity contribution < 1.29 is 4.74 Å². The van der Waals surface area contributed by atoms with Crippen molar-refractivity contribution in [1.29, 1.82) is 0 Å². The van der Waals surface area contributed by atoms with Crippen molar-refractivity contribution in [2.75, 3.05) is 20.2 Å².